The summed E-state index contributed by atoms with van der Waals surface area (Å²) >= 11 is 0. The number of amides is 2. The summed E-state index contributed by atoms with van der Waals surface area (Å²) in [4.78, 5) is 52.7. The molecule has 4 heterocycles. The highest BCUT2D eigenvalue weighted by molar-refractivity contribution is 5.79. The molecule has 12 fully saturated rings. The molecular formula is C55H88N2O8. The minimum Gasteiger partial charge on any atom is -0.462 e. The number of ether oxygens (including phenoxy) is 2. The highest BCUT2D eigenvalue weighted by Gasteiger charge is 2.65. The SMILES string of the molecule is C[C@H]1CCC(=O)OCCOC(=O)CC[C@H](C)[C@H]2CC[C@H]3[C@@H]4[C@@H](O)CC5C[C@@H](CC[C@]5(C)[C@H]4CC[C@]23C)NC(=O)CCCC(=O)N[C@@H]2CC[C@@]3(C)C(C2)C[C@H](O)[C@H]2[C@@H]4CC[C@H]1[C@@]4(C)CC[C@@H]23. The Morgan fingerprint density at radius 2 is 0.831 bits per heavy atom. The molecule has 0 radical (unpaired) electrons. The largest absolute Gasteiger partial charge is 0.462 e. The Bertz CT molecular complexity index is 1650. The first-order valence-corrected chi connectivity index (χ1v) is 27.2. The zero-order valence-corrected chi connectivity index (χ0v) is 41.3. The first kappa shape index (κ1) is 47.8. The monoisotopic (exact) mass is 905 g/mol. The van der Waals surface area contributed by atoms with Crippen molar-refractivity contribution in [3.8, 4) is 0 Å². The fourth-order valence-corrected chi connectivity index (χ4v) is 19.2. The van der Waals surface area contributed by atoms with E-state index in [0.717, 1.165) is 116 Å². The highest BCUT2D eigenvalue weighted by atomic mass is 16.6. The summed E-state index contributed by atoms with van der Waals surface area (Å²) in [6.45, 7) is 14.8. The number of carbonyl (C=O) groups excluding carboxylic acids is 4. The lowest BCUT2D eigenvalue weighted by molar-refractivity contribution is -0.167. The van der Waals surface area contributed by atoms with Gasteiger partial charge in [-0.05, 0) is 215 Å². The molecule has 0 aromatic heterocycles. The molecule has 20 atom stereocenters. The lowest BCUT2D eigenvalue weighted by Crippen LogP contribution is -2.59. The van der Waals surface area contributed by atoms with Crippen molar-refractivity contribution in [2.75, 3.05) is 13.2 Å². The molecule has 0 aromatic rings. The quantitative estimate of drug-likeness (QED) is 0.176. The van der Waals surface area contributed by atoms with Gasteiger partial charge in [0.05, 0.1) is 12.2 Å². The van der Waals surface area contributed by atoms with Crippen LogP contribution in [0.3, 0.4) is 0 Å². The zero-order chi connectivity index (χ0) is 46.1. The molecule has 4 N–H and O–H groups in total. The van der Waals surface area contributed by atoms with Gasteiger partial charge in [-0.2, -0.15) is 0 Å². The molecular weight excluding hydrogens is 817 g/mol. The normalized spacial score (nSPS) is 51.3. The Labute approximate surface area is 391 Å². The van der Waals surface area contributed by atoms with E-state index in [1.165, 1.54) is 0 Å². The summed E-state index contributed by atoms with van der Waals surface area (Å²) < 4.78 is 11.2. The van der Waals surface area contributed by atoms with Crippen LogP contribution in [0.2, 0.25) is 0 Å². The molecule has 2 unspecified atom stereocenters. The fourth-order valence-electron chi connectivity index (χ4n) is 19.2. The lowest BCUT2D eigenvalue weighted by Gasteiger charge is -2.62. The van der Waals surface area contributed by atoms with Gasteiger partial charge in [0.2, 0.25) is 11.8 Å². The smallest absolute Gasteiger partial charge is 0.305 e. The van der Waals surface area contributed by atoms with E-state index < -0.39 is 0 Å². The Morgan fingerprint density at radius 3 is 1.25 bits per heavy atom. The maximum Gasteiger partial charge on any atom is 0.305 e. The molecule has 8 saturated carbocycles. The van der Waals surface area contributed by atoms with Crippen molar-refractivity contribution in [3.63, 3.8) is 0 Å². The van der Waals surface area contributed by atoms with Gasteiger partial charge in [-0.1, -0.05) is 41.5 Å². The van der Waals surface area contributed by atoms with Crippen molar-refractivity contribution in [1.82, 2.24) is 10.6 Å². The second kappa shape index (κ2) is 18.6. The van der Waals surface area contributed by atoms with Crippen LogP contribution in [0.15, 0.2) is 0 Å². The van der Waals surface area contributed by atoms with Crippen LogP contribution in [0, 0.1) is 92.7 Å². The average Bonchev–Trinajstić information content (AvgIpc) is 3.81. The predicted octanol–water partition coefficient (Wildman–Crippen LogP) is 9.32. The number of hydrogen-bond acceptors (Lipinski definition) is 8. The maximum atomic E-state index is 13.4. The van der Waals surface area contributed by atoms with E-state index in [9.17, 15) is 29.4 Å². The second-order valence-corrected chi connectivity index (χ2v) is 25.5. The summed E-state index contributed by atoms with van der Waals surface area (Å²) in [5, 5.41) is 30.7. The van der Waals surface area contributed by atoms with Gasteiger partial charge in [0, 0.05) is 37.8 Å². The number of rotatable bonds is 0. The van der Waals surface area contributed by atoms with E-state index in [1.54, 1.807) is 0 Å². The Balaban J connectivity index is 0.857. The van der Waals surface area contributed by atoms with E-state index in [4.69, 9.17) is 9.47 Å². The number of aliphatic hydroxyl groups is 2. The van der Waals surface area contributed by atoms with E-state index in [2.05, 4.69) is 52.2 Å². The third kappa shape index (κ3) is 8.76. The molecule has 8 aliphatic carbocycles. The van der Waals surface area contributed by atoms with Gasteiger partial charge in [-0.25, -0.2) is 0 Å². The average molecular weight is 905 g/mol. The topological polar surface area (TPSA) is 151 Å². The van der Waals surface area contributed by atoms with E-state index >= 15 is 0 Å². The first-order chi connectivity index (χ1) is 30.9. The number of fused-ring (bicyclic) bond motifs is 2. The van der Waals surface area contributed by atoms with Crippen molar-refractivity contribution in [3.05, 3.63) is 0 Å². The molecule has 13 bridgehead atoms. The van der Waals surface area contributed by atoms with Crippen LogP contribution in [-0.4, -0.2) is 71.5 Å². The molecule has 12 rings (SSSR count). The molecule has 12 aliphatic rings. The standard InChI is InChI=1S/C55H88N2O8/c1-32-10-16-48(62)64-26-27-65-49(63)17-11-33(2)39-13-15-41-51-43(21-25-55(39,41)6)53(4)23-19-37(29-35(53)31-45(51)59)57-47(61)9-7-8-46(60)56-36-18-22-52(3)34(28-36)30-44(58)50-40-14-12-38(32)54(40,5)24-20-42(50)52/h32-45,50-51,58-59H,7-31H2,1-6H3,(H,56,60)(H,57,61)/t32-,33-,34?,35?,36+,37+,38+,39+,40-,41-,42-,43-,44-,45-,50-,51-,52-,53-,54+,55+/m0/s1. The van der Waals surface area contributed by atoms with Gasteiger partial charge >= 0.3 is 11.9 Å². The minimum atomic E-state index is -0.329. The number of nitrogens with one attached hydrogen (secondary N) is 2. The van der Waals surface area contributed by atoms with Gasteiger partial charge in [0.1, 0.15) is 13.2 Å². The predicted molar refractivity (Wildman–Crippen MR) is 250 cm³/mol. The van der Waals surface area contributed by atoms with Crippen molar-refractivity contribution in [1.29, 1.82) is 0 Å². The van der Waals surface area contributed by atoms with Crippen LogP contribution in [-0.2, 0) is 28.7 Å². The van der Waals surface area contributed by atoms with E-state index in [1.807, 2.05) is 0 Å². The van der Waals surface area contributed by atoms with Crippen LogP contribution in [0.25, 0.3) is 0 Å². The summed E-state index contributed by atoms with van der Waals surface area (Å²) in [5.74, 6) is 4.71. The summed E-state index contributed by atoms with van der Waals surface area (Å²) in [6.07, 6.45) is 19.6. The summed E-state index contributed by atoms with van der Waals surface area (Å²) in [5.41, 5.74) is 0.609. The number of hydrogen-bond donors (Lipinski definition) is 4. The molecule has 10 nitrogen and oxygen atoms in total. The van der Waals surface area contributed by atoms with E-state index in [0.29, 0.717) is 103 Å². The summed E-state index contributed by atoms with van der Waals surface area (Å²) in [6, 6.07) is 0.232. The Morgan fingerprint density at radius 1 is 0.462 bits per heavy atom. The molecule has 10 heteroatoms. The van der Waals surface area contributed by atoms with Crippen LogP contribution in [0.1, 0.15) is 189 Å². The van der Waals surface area contributed by atoms with Gasteiger partial charge in [0.25, 0.3) is 0 Å². The second-order valence-electron chi connectivity index (χ2n) is 25.5. The van der Waals surface area contributed by atoms with Gasteiger partial charge in [-0.15, -0.1) is 0 Å². The van der Waals surface area contributed by atoms with Crippen LogP contribution in [0.4, 0.5) is 0 Å². The molecule has 4 aliphatic heterocycles. The third-order valence-electron chi connectivity index (χ3n) is 22.6. The number of esters is 2. The molecule has 0 spiro atoms. The maximum absolute atomic E-state index is 13.4. The minimum absolute atomic E-state index is 0.0436. The number of aliphatic hydroxyl groups excluding tert-OH is 2. The molecule has 4 saturated heterocycles. The van der Waals surface area contributed by atoms with Crippen LogP contribution in [0.5, 0.6) is 0 Å². The molecule has 0 aromatic carbocycles. The molecule has 2 amide bonds. The molecule has 366 valence electrons. The van der Waals surface area contributed by atoms with Crippen molar-refractivity contribution < 1.29 is 38.9 Å². The zero-order valence-electron chi connectivity index (χ0n) is 41.3. The lowest BCUT2D eigenvalue weighted by atomic mass is 9.43. The number of carbonyl (C=O) groups is 4. The highest BCUT2D eigenvalue weighted by Crippen LogP contribution is 2.70. The van der Waals surface area contributed by atoms with Crippen molar-refractivity contribution in [2.45, 2.75) is 214 Å². The van der Waals surface area contributed by atoms with Crippen LogP contribution < -0.4 is 10.6 Å². The van der Waals surface area contributed by atoms with E-state index in [-0.39, 0.29) is 82.9 Å². The summed E-state index contributed by atoms with van der Waals surface area (Å²) in [7, 11) is 0. The van der Waals surface area contributed by atoms with Gasteiger partial charge in [0.15, 0.2) is 0 Å². The Hall–Kier alpha value is -2.20. The first-order valence-electron chi connectivity index (χ1n) is 27.2. The third-order valence-corrected chi connectivity index (χ3v) is 22.6. The van der Waals surface area contributed by atoms with Crippen molar-refractivity contribution >= 4 is 23.8 Å². The van der Waals surface area contributed by atoms with Crippen molar-refractivity contribution in [2.24, 2.45) is 92.7 Å². The van der Waals surface area contributed by atoms with Gasteiger partial charge in [-0.3, -0.25) is 19.2 Å². The van der Waals surface area contributed by atoms with Crippen LogP contribution >= 0.6 is 0 Å². The van der Waals surface area contributed by atoms with Gasteiger partial charge < -0.3 is 30.3 Å². The Kier molecular flexibility index (Phi) is 13.7. The fraction of sp³-hybridized carbons (Fsp3) is 0.927. The molecule has 65 heavy (non-hydrogen) atoms.